The van der Waals surface area contributed by atoms with Gasteiger partial charge in [0.1, 0.15) is 17.1 Å². The number of aryl methyl sites for hydroxylation is 1. The number of nitrogens with zero attached hydrogens (tertiary/aromatic N) is 4. The van der Waals surface area contributed by atoms with E-state index in [-0.39, 0.29) is 21.6 Å². The predicted molar refractivity (Wildman–Crippen MR) is 237 cm³/mol. The molecule has 1 amide bonds. The summed E-state index contributed by atoms with van der Waals surface area (Å²) in [6.45, 7) is 12.9. The Bertz CT molecular complexity index is 2470. The Kier molecular flexibility index (Phi) is 11.8. The third kappa shape index (κ3) is 9.62. The lowest BCUT2D eigenvalue weighted by Crippen LogP contribution is -2.47. The Morgan fingerprint density at radius 2 is 1.73 bits per heavy atom. The van der Waals surface area contributed by atoms with E-state index in [0.29, 0.717) is 17.4 Å². The first-order chi connectivity index (χ1) is 28.3. The SMILES string of the molecule is Cc1cc(S(=O)(=O)NC(=O)c2ccc(N3CCN(CC4=C(c5ccc(Cl)cc5)CC(C)(C)CC4)CC3)cc2Oc2cnc3[nH]ccc3c2)ccc1NC1CCN(C)CC1. The summed E-state index contributed by atoms with van der Waals surface area (Å²) in [5.74, 6) is -0.107. The van der Waals surface area contributed by atoms with Gasteiger partial charge in [-0.25, -0.2) is 18.1 Å². The van der Waals surface area contributed by atoms with Crippen molar-refractivity contribution in [1.29, 1.82) is 0 Å². The van der Waals surface area contributed by atoms with E-state index in [1.165, 1.54) is 16.7 Å². The lowest BCUT2D eigenvalue weighted by molar-refractivity contribution is 0.0979. The number of carbonyl (C=O) groups excluding carboxylic acids is 1. The number of H-pyrrole nitrogens is 1. The number of likely N-dealkylation sites (tertiary alicyclic amines) is 1. The van der Waals surface area contributed by atoms with Gasteiger partial charge in [0.05, 0.1) is 16.7 Å². The number of hydrogen-bond acceptors (Lipinski definition) is 9. The molecule has 0 atom stereocenters. The van der Waals surface area contributed by atoms with Gasteiger partial charge < -0.3 is 24.8 Å². The van der Waals surface area contributed by atoms with Crippen LogP contribution < -0.4 is 19.7 Å². The van der Waals surface area contributed by atoms with Crippen LogP contribution in [0.25, 0.3) is 16.6 Å². The van der Waals surface area contributed by atoms with Crippen LogP contribution in [0.5, 0.6) is 11.5 Å². The van der Waals surface area contributed by atoms with E-state index in [4.69, 9.17) is 16.3 Å². The van der Waals surface area contributed by atoms with Crippen molar-refractivity contribution in [3.8, 4) is 11.5 Å². The van der Waals surface area contributed by atoms with E-state index in [9.17, 15) is 13.2 Å². The van der Waals surface area contributed by atoms with Crippen LogP contribution in [0.3, 0.4) is 0 Å². The minimum absolute atomic E-state index is 0.0179. The van der Waals surface area contributed by atoms with Crippen molar-refractivity contribution in [1.82, 2.24) is 24.5 Å². The fourth-order valence-electron chi connectivity index (χ4n) is 8.55. The highest BCUT2D eigenvalue weighted by molar-refractivity contribution is 7.90. The van der Waals surface area contributed by atoms with Crippen LogP contribution in [0, 0.1) is 12.3 Å². The van der Waals surface area contributed by atoms with Crippen molar-refractivity contribution in [2.24, 2.45) is 5.41 Å². The molecule has 13 heteroatoms. The van der Waals surface area contributed by atoms with Gasteiger partial charge in [0, 0.05) is 72.8 Å². The number of benzene rings is 3. The molecule has 0 saturated carbocycles. The van der Waals surface area contributed by atoms with Gasteiger partial charge >= 0.3 is 0 Å². The number of aromatic amines is 1. The average molecular weight is 837 g/mol. The van der Waals surface area contributed by atoms with E-state index < -0.39 is 15.9 Å². The summed E-state index contributed by atoms with van der Waals surface area (Å²) in [6.07, 6.45) is 8.71. The number of fused-ring (bicyclic) bond motifs is 1. The molecule has 59 heavy (non-hydrogen) atoms. The van der Waals surface area contributed by atoms with E-state index in [0.717, 1.165) is 105 Å². The Labute approximate surface area is 352 Å². The maximum Gasteiger partial charge on any atom is 0.268 e. The van der Waals surface area contributed by atoms with Crippen molar-refractivity contribution in [2.45, 2.75) is 63.8 Å². The quantitative estimate of drug-likeness (QED) is 0.120. The van der Waals surface area contributed by atoms with Crippen molar-refractivity contribution in [2.75, 3.05) is 63.1 Å². The summed E-state index contributed by atoms with van der Waals surface area (Å²) >= 11 is 6.25. The molecule has 0 bridgehead atoms. The zero-order chi connectivity index (χ0) is 41.3. The molecule has 2 fully saturated rings. The Hall–Kier alpha value is -4.88. The number of allylic oxidation sites excluding steroid dienone is 1. The zero-order valence-electron chi connectivity index (χ0n) is 34.4. The lowest BCUT2D eigenvalue weighted by Gasteiger charge is -2.39. The minimum atomic E-state index is -4.21. The van der Waals surface area contributed by atoms with Gasteiger partial charge in [0.25, 0.3) is 15.9 Å². The van der Waals surface area contributed by atoms with E-state index in [1.54, 1.807) is 36.7 Å². The number of rotatable bonds is 11. The Balaban J connectivity index is 0.992. The molecular formula is C46H54ClN7O4S. The van der Waals surface area contributed by atoms with Crippen LogP contribution >= 0.6 is 11.6 Å². The predicted octanol–water partition coefficient (Wildman–Crippen LogP) is 8.73. The number of hydrogen-bond donors (Lipinski definition) is 3. The largest absolute Gasteiger partial charge is 0.455 e. The molecule has 2 aromatic heterocycles. The number of pyridine rings is 1. The highest BCUT2D eigenvalue weighted by Crippen LogP contribution is 2.43. The van der Waals surface area contributed by atoms with Gasteiger partial charge in [-0.2, -0.15) is 0 Å². The number of piperidine rings is 1. The molecule has 2 aliphatic heterocycles. The number of halogens is 1. The monoisotopic (exact) mass is 835 g/mol. The first-order valence-corrected chi connectivity index (χ1v) is 22.5. The molecule has 0 spiro atoms. The number of nitrogens with one attached hydrogen (secondary N) is 3. The topological polar surface area (TPSA) is 123 Å². The van der Waals surface area contributed by atoms with Crippen molar-refractivity contribution in [3.05, 3.63) is 112 Å². The lowest BCUT2D eigenvalue weighted by atomic mass is 9.72. The molecule has 0 radical (unpaired) electrons. The molecular weight excluding hydrogens is 782 g/mol. The zero-order valence-corrected chi connectivity index (χ0v) is 35.9. The molecule has 8 rings (SSSR count). The summed E-state index contributed by atoms with van der Waals surface area (Å²) in [6, 6.07) is 22.6. The number of ether oxygens (including phenoxy) is 1. The highest BCUT2D eigenvalue weighted by atomic mass is 35.5. The summed E-state index contributed by atoms with van der Waals surface area (Å²) in [5, 5.41) is 5.18. The van der Waals surface area contributed by atoms with Crippen molar-refractivity contribution in [3.63, 3.8) is 0 Å². The Morgan fingerprint density at radius 1 is 0.966 bits per heavy atom. The van der Waals surface area contributed by atoms with Crippen LogP contribution in [0.15, 0.2) is 95.7 Å². The summed E-state index contributed by atoms with van der Waals surface area (Å²) in [4.78, 5) is 28.6. The normalized spacial score (nSPS) is 18.3. The molecule has 2 saturated heterocycles. The van der Waals surface area contributed by atoms with E-state index >= 15 is 0 Å². The molecule has 11 nitrogen and oxygen atoms in total. The molecule has 5 aromatic rings. The molecule has 3 aliphatic rings. The van der Waals surface area contributed by atoms with Crippen LogP contribution in [-0.2, 0) is 10.0 Å². The third-order valence-electron chi connectivity index (χ3n) is 12.2. The summed E-state index contributed by atoms with van der Waals surface area (Å²) < 4.78 is 36.1. The number of anilines is 2. The maximum absolute atomic E-state index is 13.9. The van der Waals surface area contributed by atoms with Crippen LogP contribution in [0.1, 0.15) is 67.4 Å². The van der Waals surface area contributed by atoms with Gasteiger partial charge in [-0.3, -0.25) is 9.69 Å². The van der Waals surface area contributed by atoms with Gasteiger partial charge in [-0.15, -0.1) is 0 Å². The second-order valence-electron chi connectivity index (χ2n) is 17.2. The number of sulfonamides is 1. The fourth-order valence-corrected chi connectivity index (χ4v) is 9.73. The van der Waals surface area contributed by atoms with Crippen LogP contribution in [-0.4, -0.2) is 93.0 Å². The molecule has 0 unspecified atom stereocenters. The molecule has 3 aromatic carbocycles. The third-order valence-corrected chi connectivity index (χ3v) is 13.7. The number of aromatic nitrogens is 2. The second-order valence-corrected chi connectivity index (χ2v) is 19.3. The molecule has 310 valence electrons. The van der Waals surface area contributed by atoms with Crippen LogP contribution in [0.2, 0.25) is 5.02 Å². The van der Waals surface area contributed by atoms with E-state index in [2.05, 4.69) is 67.7 Å². The van der Waals surface area contributed by atoms with Gasteiger partial charge in [0.15, 0.2) is 0 Å². The highest BCUT2D eigenvalue weighted by Gasteiger charge is 2.30. The summed E-state index contributed by atoms with van der Waals surface area (Å²) in [7, 11) is -2.09. The number of amides is 1. The Morgan fingerprint density at radius 3 is 2.47 bits per heavy atom. The van der Waals surface area contributed by atoms with E-state index in [1.807, 2.05) is 43.3 Å². The summed E-state index contributed by atoms with van der Waals surface area (Å²) in [5.41, 5.74) is 7.84. The van der Waals surface area contributed by atoms with Gasteiger partial charge in [-0.1, -0.05) is 43.2 Å². The first-order valence-electron chi connectivity index (χ1n) is 20.6. The fraction of sp³-hybridized carbons (Fsp3) is 0.391. The number of carbonyl (C=O) groups is 1. The van der Waals surface area contributed by atoms with Crippen molar-refractivity contribution < 1.29 is 17.9 Å². The average Bonchev–Trinajstić information content (AvgIpc) is 3.69. The molecule has 3 N–H and O–H groups in total. The van der Waals surface area contributed by atoms with Crippen LogP contribution in [0.4, 0.5) is 11.4 Å². The van der Waals surface area contributed by atoms with Gasteiger partial charge in [-0.05, 0) is 136 Å². The molecule has 1 aliphatic carbocycles. The van der Waals surface area contributed by atoms with Crippen molar-refractivity contribution >= 4 is 55.5 Å². The number of piperazine rings is 1. The minimum Gasteiger partial charge on any atom is -0.455 e. The smallest absolute Gasteiger partial charge is 0.268 e. The second kappa shape index (κ2) is 17.0. The molecule has 4 heterocycles. The van der Waals surface area contributed by atoms with Gasteiger partial charge in [0.2, 0.25) is 0 Å². The standard InChI is InChI=1S/C46H54ClN7O4S/c1-31-25-39(10-12-42(31)50-36-15-19-52(4)20-16-36)59(56,57)51-45(55)40-11-9-37(27-43(40)58-38-26-33-14-18-48-44(33)49-29-38)54-23-21-53(22-24-54)30-34-13-17-46(2,3)28-41(34)32-5-7-35(47)8-6-32/h5-12,14,18,25-27,29,36,50H,13,15-17,19-24,28,30H2,1-4H3,(H,48,49)(H,51,55). The first kappa shape index (κ1) is 40.9. The maximum atomic E-state index is 13.9.